The lowest BCUT2D eigenvalue weighted by atomic mass is 10.1. The largest absolute Gasteiger partial charge is 0.470 e. The summed E-state index contributed by atoms with van der Waals surface area (Å²) in [5.41, 5.74) is 6.74. The maximum absolute atomic E-state index is 13.2. The first-order chi connectivity index (χ1) is 13.8. The van der Waals surface area contributed by atoms with Crippen molar-refractivity contribution in [2.24, 2.45) is 5.73 Å². The second kappa shape index (κ2) is 7.53. The Morgan fingerprint density at radius 1 is 1.07 bits per heavy atom. The molecule has 0 amide bonds. The van der Waals surface area contributed by atoms with E-state index in [1.807, 2.05) is 0 Å². The van der Waals surface area contributed by atoms with Crippen LogP contribution in [0.5, 0.6) is 5.88 Å². The summed E-state index contributed by atoms with van der Waals surface area (Å²) in [6.07, 6.45) is -4.49. The van der Waals surface area contributed by atoms with Gasteiger partial charge in [-0.15, -0.1) is 0 Å². The molecule has 0 bridgehead atoms. The zero-order valence-electron chi connectivity index (χ0n) is 15.0. The maximum atomic E-state index is 13.2. The number of alkyl halides is 3. The molecule has 1 aromatic carbocycles. The quantitative estimate of drug-likeness (QED) is 0.665. The number of pyridine rings is 1. The molecule has 2 unspecified atom stereocenters. The number of aromatic nitrogens is 3. The lowest BCUT2D eigenvalue weighted by Gasteiger charge is -2.18. The van der Waals surface area contributed by atoms with Gasteiger partial charge >= 0.3 is 6.18 Å². The maximum Gasteiger partial charge on any atom is 0.410 e. The fraction of sp³-hybridized carbons (Fsp3) is 0.316. The second-order valence-electron chi connectivity index (χ2n) is 6.58. The minimum Gasteiger partial charge on any atom is -0.470 e. The number of benzene rings is 1. The highest BCUT2D eigenvalue weighted by Crippen LogP contribution is 2.33. The van der Waals surface area contributed by atoms with E-state index in [1.54, 1.807) is 18.2 Å². The third kappa shape index (κ3) is 4.13. The van der Waals surface area contributed by atoms with Crippen molar-refractivity contribution in [3.63, 3.8) is 0 Å². The minimum absolute atomic E-state index is 0.0934. The standard InChI is InChI=1S/C19H16F4N4O2/c20-11-3-1-10(2-4-11)13-5-6-14-15(25-13)18(29-12-7-8-28-9-12)27-17(26-14)16(24)19(21,22)23/h1-6,12,16H,7-9,24H2. The molecule has 10 heteroatoms. The van der Waals surface area contributed by atoms with Crippen molar-refractivity contribution in [1.29, 1.82) is 0 Å². The molecule has 2 N–H and O–H groups in total. The summed E-state index contributed by atoms with van der Waals surface area (Å²) >= 11 is 0. The van der Waals surface area contributed by atoms with E-state index in [4.69, 9.17) is 15.2 Å². The summed E-state index contributed by atoms with van der Waals surface area (Å²) in [5, 5.41) is 0. The minimum atomic E-state index is -4.71. The van der Waals surface area contributed by atoms with E-state index < -0.39 is 23.9 Å². The molecule has 0 radical (unpaired) electrons. The monoisotopic (exact) mass is 408 g/mol. The predicted octanol–water partition coefficient (Wildman–Crippen LogP) is 3.56. The highest BCUT2D eigenvalue weighted by molar-refractivity contribution is 5.82. The molecule has 2 aromatic heterocycles. The van der Waals surface area contributed by atoms with Crippen LogP contribution in [0.25, 0.3) is 22.3 Å². The first-order valence-corrected chi connectivity index (χ1v) is 8.82. The Balaban J connectivity index is 1.82. The smallest absolute Gasteiger partial charge is 0.410 e. The summed E-state index contributed by atoms with van der Waals surface area (Å²) in [6, 6.07) is 6.40. The highest BCUT2D eigenvalue weighted by Gasteiger charge is 2.40. The SMILES string of the molecule is NC(c1nc(OC2CCOC2)c2nc(-c3ccc(F)cc3)ccc2n1)C(F)(F)F. The third-order valence-electron chi connectivity index (χ3n) is 4.46. The fourth-order valence-corrected chi connectivity index (χ4v) is 2.92. The summed E-state index contributed by atoms with van der Waals surface area (Å²) in [6.45, 7) is 0.778. The Morgan fingerprint density at radius 3 is 2.48 bits per heavy atom. The predicted molar refractivity (Wildman–Crippen MR) is 95.6 cm³/mol. The molecule has 3 aromatic rings. The molecule has 2 atom stereocenters. The first-order valence-electron chi connectivity index (χ1n) is 8.82. The van der Waals surface area contributed by atoms with Gasteiger partial charge in [-0.25, -0.2) is 14.4 Å². The van der Waals surface area contributed by atoms with Crippen LogP contribution in [0.2, 0.25) is 0 Å². The number of hydrogen-bond acceptors (Lipinski definition) is 6. The number of fused-ring (bicyclic) bond motifs is 1. The van der Waals surface area contributed by atoms with Gasteiger partial charge in [-0.2, -0.15) is 18.2 Å². The molecule has 1 saturated heterocycles. The summed E-state index contributed by atoms with van der Waals surface area (Å²) < 4.78 is 63.4. The van der Waals surface area contributed by atoms with Gasteiger partial charge < -0.3 is 15.2 Å². The molecule has 0 saturated carbocycles. The van der Waals surface area contributed by atoms with Gasteiger partial charge in [-0.3, -0.25) is 0 Å². The molecule has 0 aliphatic carbocycles. The van der Waals surface area contributed by atoms with Crippen LogP contribution in [0.1, 0.15) is 18.3 Å². The fourth-order valence-electron chi connectivity index (χ4n) is 2.92. The lowest BCUT2D eigenvalue weighted by molar-refractivity contribution is -0.150. The second-order valence-corrected chi connectivity index (χ2v) is 6.58. The van der Waals surface area contributed by atoms with Crippen molar-refractivity contribution in [3.8, 4) is 17.1 Å². The molecule has 0 spiro atoms. The molecule has 1 aliphatic heterocycles. The molecule has 29 heavy (non-hydrogen) atoms. The van der Waals surface area contributed by atoms with Crippen molar-refractivity contribution < 1.29 is 27.0 Å². The Labute approximate surface area is 162 Å². The molecule has 1 aliphatic rings. The van der Waals surface area contributed by atoms with Gasteiger partial charge in [0.05, 0.1) is 24.4 Å². The first kappa shape index (κ1) is 19.5. The number of hydrogen-bond donors (Lipinski definition) is 1. The van der Waals surface area contributed by atoms with Gasteiger partial charge in [0.2, 0.25) is 5.88 Å². The van der Waals surface area contributed by atoms with E-state index in [0.29, 0.717) is 30.9 Å². The average Bonchev–Trinajstić information content (AvgIpc) is 3.20. The molecule has 6 nitrogen and oxygen atoms in total. The van der Waals surface area contributed by atoms with E-state index in [9.17, 15) is 17.6 Å². The Bertz CT molecular complexity index is 1020. The van der Waals surface area contributed by atoms with E-state index in [0.717, 1.165) is 0 Å². The van der Waals surface area contributed by atoms with Crippen LogP contribution < -0.4 is 10.5 Å². The average molecular weight is 408 g/mol. The van der Waals surface area contributed by atoms with Crippen LogP contribution in [-0.4, -0.2) is 40.4 Å². The number of rotatable bonds is 4. The van der Waals surface area contributed by atoms with Crippen LogP contribution in [0.3, 0.4) is 0 Å². The van der Waals surface area contributed by atoms with E-state index in [-0.39, 0.29) is 23.0 Å². The van der Waals surface area contributed by atoms with Gasteiger partial charge in [0.15, 0.2) is 17.4 Å². The van der Waals surface area contributed by atoms with Gasteiger partial charge in [0.25, 0.3) is 0 Å². The Morgan fingerprint density at radius 2 is 1.83 bits per heavy atom. The molecular weight excluding hydrogens is 392 g/mol. The summed E-state index contributed by atoms with van der Waals surface area (Å²) in [5.74, 6) is -1.09. The van der Waals surface area contributed by atoms with E-state index >= 15 is 0 Å². The lowest BCUT2D eigenvalue weighted by Crippen LogP contribution is -2.30. The number of nitrogens with zero attached hydrogens (tertiary/aromatic N) is 3. The highest BCUT2D eigenvalue weighted by atomic mass is 19.4. The topological polar surface area (TPSA) is 83.2 Å². The van der Waals surface area contributed by atoms with E-state index in [2.05, 4.69) is 15.0 Å². The zero-order chi connectivity index (χ0) is 20.6. The van der Waals surface area contributed by atoms with Crippen molar-refractivity contribution in [3.05, 3.63) is 48.0 Å². The van der Waals surface area contributed by atoms with Gasteiger partial charge in [-0.05, 0) is 36.4 Å². The summed E-state index contributed by atoms with van der Waals surface area (Å²) in [7, 11) is 0. The third-order valence-corrected chi connectivity index (χ3v) is 4.46. The van der Waals surface area contributed by atoms with Gasteiger partial charge in [-0.1, -0.05) is 0 Å². The van der Waals surface area contributed by atoms with Crippen molar-refractivity contribution in [2.45, 2.75) is 24.7 Å². The number of ether oxygens (including phenoxy) is 2. The van der Waals surface area contributed by atoms with Crippen LogP contribution in [0.4, 0.5) is 17.6 Å². The normalized spacial score (nSPS) is 18.2. The van der Waals surface area contributed by atoms with E-state index in [1.165, 1.54) is 18.2 Å². The van der Waals surface area contributed by atoms with Crippen LogP contribution in [0.15, 0.2) is 36.4 Å². The molecular formula is C19H16F4N4O2. The molecule has 4 rings (SSSR count). The van der Waals surface area contributed by atoms with Gasteiger partial charge in [0, 0.05) is 12.0 Å². The van der Waals surface area contributed by atoms with Gasteiger partial charge in [0.1, 0.15) is 11.9 Å². The molecule has 1 fully saturated rings. The molecule has 152 valence electrons. The van der Waals surface area contributed by atoms with Crippen LogP contribution in [0, 0.1) is 5.82 Å². The number of nitrogens with two attached hydrogens (primary N) is 1. The number of halogens is 4. The van der Waals surface area contributed by atoms with Crippen molar-refractivity contribution >= 4 is 11.0 Å². The molecule has 3 heterocycles. The van der Waals surface area contributed by atoms with Crippen LogP contribution >= 0.6 is 0 Å². The van der Waals surface area contributed by atoms with Crippen LogP contribution in [-0.2, 0) is 4.74 Å². The van der Waals surface area contributed by atoms with Crippen molar-refractivity contribution in [1.82, 2.24) is 15.0 Å². The Hall–Kier alpha value is -2.85. The zero-order valence-corrected chi connectivity index (χ0v) is 15.0. The summed E-state index contributed by atoms with van der Waals surface area (Å²) in [4.78, 5) is 12.3. The Kier molecular flexibility index (Phi) is 5.05. The van der Waals surface area contributed by atoms with Crippen molar-refractivity contribution in [2.75, 3.05) is 13.2 Å².